The molecule has 8 heteroatoms. The van der Waals surface area contributed by atoms with E-state index in [2.05, 4.69) is 15.1 Å². The molecule has 2 aromatic carbocycles. The summed E-state index contributed by atoms with van der Waals surface area (Å²) in [6.45, 7) is 7.77. The fraction of sp³-hybridized carbons (Fsp3) is 0.458. The molecule has 1 atom stereocenters. The zero-order valence-corrected chi connectivity index (χ0v) is 18.7. The second kappa shape index (κ2) is 10.6. The number of nitrogens with one attached hydrogen (secondary N) is 1. The Balaban J connectivity index is 1.15. The molecule has 0 unspecified atom stereocenters. The van der Waals surface area contributed by atoms with Crippen molar-refractivity contribution in [1.29, 1.82) is 0 Å². The number of nitrogens with zero attached hydrogens (tertiary/aromatic N) is 2. The van der Waals surface area contributed by atoms with Crippen molar-refractivity contribution in [2.45, 2.75) is 19.5 Å². The molecule has 0 radical (unpaired) electrons. The smallest absolute Gasteiger partial charge is 0.237 e. The molecule has 0 aliphatic carbocycles. The molecule has 1 fully saturated rings. The fourth-order valence-corrected chi connectivity index (χ4v) is 3.89. The SMILES string of the molecule is COc1ccc(OCCN2CCN([C@H](C)C(=O)NCc3ccc4c(c3)OCO4)CC2)cc1. The van der Waals surface area contributed by atoms with Crippen molar-refractivity contribution in [2.75, 3.05) is 53.2 Å². The number of hydrogen-bond acceptors (Lipinski definition) is 7. The normalized spacial score (nSPS) is 17.1. The Labute approximate surface area is 189 Å². The Kier molecular flexibility index (Phi) is 7.34. The van der Waals surface area contributed by atoms with Crippen LogP contribution in [0.5, 0.6) is 23.0 Å². The van der Waals surface area contributed by atoms with Crippen LogP contribution in [0, 0.1) is 0 Å². The first kappa shape index (κ1) is 22.2. The van der Waals surface area contributed by atoms with Gasteiger partial charge in [0, 0.05) is 39.3 Å². The first-order valence-electron chi connectivity index (χ1n) is 11.0. The van der Waals surface area contributed by atoms with E-state index in [1.165, 1.54) is 0 Å². The van der Waals surface area contributed by atoms with Crippen molar-refractivity contribution >= 4 is 5.91 Å². The number of carbonyl (C=O) groups excluding carboxylic acids is 1. The summed E-state index contributed by atoms with van der Waals surface area (Å²) in [6.07, 6.45) is 0. The van der Waals surface area contributed by atoms with Crippen molar-refractivity contribution < 1.29 is 23.7 Å². The van der Waals surface area contributed by atoms with Crippen LogP contribution in [0.15, 0.2) is 42.5 Å². The third-order valence-electron chi connectivity index (χ3n) is 5.97. The molecule has 2 heterocycles. The average molecular weight is 442 g/mol. The molecular weight excluding hydrogens is 410 g/mol. The van der Waals surface area contributed by atoms with Gasteiger partial charge in [-0.1, -0.05) is 6.07 Å². The number of ether oxygens (including phenoxy) is 4. The molecule has 0 spiro atoms. The summed E-state index contributed by atoms with van der Waals surface area (Å²) < 4.78 is 21.7. The predicted molar refractivity (Wildman–Crippen MR) is 120 cm³/mol. The number of amides is 1. The lowest BCUT2D eigenvalue weighted by Crippen LogP contribution is -2.54. The van der Waals surface area contributed by atoms with Crippen molar-refractivity contribution in [1.82, 2.24) is 15.1 Å². The summed E-state index contributed by atoms with van der Waals surface area (Å²) in [5, 5.41) is 3.04. The van der Waals surface area contributed by atoms with Gasteiger partial charge in [0.2, 0.25) is 12.7 Å². The topological polar surface area (TPSA) is 72.5 Å². The minimum Gasteiger partial charge on any atom is -0.497 e. The van der Waals surface area contributed by atoms with Gasteiger partial charge < -0.3 is 24.3 Å². The maximum absolute atomic E-state index is 12.7. The van der Waals surface area contributed by atoms with Crippen LogP contribution in [0.3, 0.4) is 0 Å². The molecule has 0 saturated carbocycles. The second-order valence-corrected chi connectivity index (χ2v) is 7.98. The molecule has 32 heavy (non-hydrogen) atoms. The van der Waals surface area contributed by atoms with Gasteiger partial charge in [0.15, 0.2) is 11.5 Å². The molecule has 8 nitrogen and oxygen atoms in total. The van der Waals surface area contributed by atoms with E-state index in [-0.39, 0.29) is 18.7 Å². The first-order chi connectivity index (χ1) is 15.6. The Morgan fingerprint density at radius 1 is 1.03 bits per heavy atom. The van der Waals surface area contributed by atoms with Gasteiger partial charge in [0.1, 0.15) is 18.1 Å². The highest BCUT2D eigenvalue weighted by Crippen LogP contribution is 2.32. The molecule has 172 valence electrons. The number of rotatable bonds is 9. The molecule has 1 N–H and O–H groups in total. The Hall–Kier alpha value is -2.97. The molecule has 1 amide bonds. The highest BCUT2D eigenvalue weighted by Gasteiger charge is 2.25. The molecule has 2 aromatic rings. The Morgan fingerprint density at radius 2 is 1.75 bits per heavy atom. The maximum Gasteiger partial charge on any atom is 0.237 e. The molecule has 2 aliphatic rings. The van der Waals surface area contributed by atoms with Crippen LogP contribution in [0.1, 0.15) is 12.5 Å². The highest BCUT2D eigenvalue weighted by molar-refractivity contribution is 5.81. The Bertz CT molecular complexity index is 897. The van der Waals surface area contributed by atoms with E-state index in [1.807, 2.05) is 49.4 Å². The van der Waals surface area contributed by atoms with E-state index in [4.69, 9.17) is 18.9 Å². The molecule has 0 bridgehead atoms. The molecule has 0 aromatic heterocycles. The van der Waals surface area contributed by atoms with E-state index in [9.17, 15) is 4.79 Å². The second-order valence-electron chi connectivity index (χ2n) is 7.98. The van der Waals surface area contributed by atoms with Crippen LogP contribution in [0.2, 0.25) is 0 Å². The average Bonchev–Trinajstić information content (AvgIpc) is 3.31. The fourth-order valence-electron chi connectivity index (χ4n) is 3.89. The van der Waals surface area contributed by atoms with Crippen molar-refractivity contribution in [3.8, 4) is 23.0 Å². The van der Waals surface area contributed by atoms with E-state index in [0.717, 1.165) is 61.3 Å². The minimum atomic E-state index is -0.165. The van der Waals surface area contributed by atoms with E-state index in [0.29, 0.717) is 13.2 Å². The number of carbonyl (C=O) groups is 1. The molecule has 2 aliphatic heterocycles. The van der Waals surface area contributed by atoms with Crippen LogP contribution < -0.4 is 24.3 Å². The van der Waals surface area contributed by atoms with Gasteiger partial charge in [-0.05, 0) is 48.9 Å². The summed E-state index contributed by atoms with van der Waals surface area (Å²) in [5.74, 6) is 3.19. The summed E-state index contributed by atoms with van der Waals surface area (Å²) >= 11 is 0. The lowest BCUT2D eigenvalue weighted by Gasteiger charge is -2.37. The lowest BCUT2D eigenvalue weighted by molar-refractivity contribution is -0.126. The van der Waals surface area contributed by atoms with Gasteiger partial charge in [-0.25, -0.2) is 0 Å². The van der Waals surface area contributed by atoms with Crippen LogP contribution in [0.25, 0.3) is 0 Å². The van der Waals surface area contributed by atoms with Gasteiger partial charge >= 0.3 is 0 Å². The van der Waals surface area contributed by atoms with Gasteiger partial charge in [0.05, 0.1) is 13.2 Å². The summed E-state index contributed by atoms with van der Waals surface area (Å²) in [4.78, 5) is 17.3. The number of fused-ring (bicyclic) bond motifs is 1. The zero-order valence-electron chi connectivity index (χ0n) is 18.7. The number of piperazine rings is 1. The van der Waals surface area contributed by atoms with Crippen LogP contribution in [-0.2, 0) is 11.3 Å². The quantitative estimate of drug-likeness (QED) is 0.639. The van der Waals surface area contributed by atoms with E-state index in [1.54, 1.807) is 7.11 Å². The predicted octanol–water partition coefficient (Wildman–Crippen LogP) is 2.13. The summed E-state index contributed by atoms with van der Waals surface area (Å²) in [7, 11) is 1.65. The summed E-state index contributed by atoms with van der Waals surface area (Å²) in [5.41, 5.74) is 0.997. The summed E-state index contributed by atoms with van der Waals surface area (Å²) in [6, 6.07) is 13.2. The number of methoxy groups -OCH3 is 1. The zero-order chi connectivity index (χ0) is 22.3. The lowest BCUT2D eigenvalue weighted by atomic mass is 10.2. The Morgan fingerprint density at radius 3 is 2.50 bits per heavy atom. The van der Waals surface area contributed by atoms with E-state index < -0.39 is 0 Å². The van der Waals surface area contributed by atoms with E-state index >= 15 is 0 Å². The van der Waals surface area contributed by atoms with Crippen molar-refractivity contribution in [2.24, 2.45) is 0 Å². The third-order valence-corrected chi connectivity index (χ3v) is 5.97. The van der Waals surface area contributed by atoms with Gasteiger partial charge in [-0.2, -0.15) is 0 Å². The monoisotopic (exact) mass is 441 g/mol. The third kappa shape index (κ3) is 5.63. The van der Waals surface area contributed by atoms with Gasteiger partial charge in [-0.3, -0.25) is 14.6 Å². The minimum absolute atomic E-state index is 0.0407. The van der Waals surface area contributed by atoms with Crippen LogP contribution in [-0.4, -0.2) is 75.0 Å². The standard InChI is InChI=1S/C24H31N3O5/c1-18(24(28)25-16-19-3-8-22-23(15-19)32-17-31-22)27-11-9-26(10-12-27)13-14-30-21-6-4-20(29-2)5-7-21/h3-8,15,18H,9-14,16-17H2,1-2H3,(H,25,28)/t18-/m1/s1. The largest absolute Gasteiger partial charge is 0.497 e. The van der Waals surface area contributed by atoms with Crippen LogP contribution >= 0.6 is 0 Å². The maximum atomic E-state index is 12.7. The number of benzene rings is 2. The van der Waals surface area contributed by atoms with Crippen molar-refractivity contribution in [3.63, 3.8) is 0 Å². The molecular formula is C24H31N3O5. The number of hydrogen-bond donors (Lipinski definition) is 1. The molecule has 1 saturated heterocycles. The van der Waals surface area contributed by atoms with Crippen molar-refractivity contribution in [3.05, 3.63) is 48.0 Å². The molecule has 4 rings (SSSR count). The van der Waals surface area contributed by atoms with Gasteiger partial charge in [0.25, 0.3) is 0 Å². The van der Waals surface area contributed by atoms with Crippen LogP contribution in [0.4, 0.5) is 0 Å². The first-order valence-corrected chi connectivity index (χ1v) is 11.0. The highest BCUT2D eigenvalue weighted by atomic mass is 16.7. The van der Waals surface area contributed by atoms with Gasteiger partial charge in [-0.15, -0.1) is 0 Å².